The zero-order valence-electron chi connectivity index (χ0n) is 20.4. The SMILES string of the molecule is CC.CCC.CCC12CCC3C4CCC(=O)C=C4C=CC3[C@@H]1C1C(C)C1[C@]2(C)C#N. The Hall–Kier alpha value is -1.36. The molecule has 5 aliphatic carbocycles. The minimum absolute atomic E-state index is 0.145. The summed E-state index contributed by atoms with van der Waals surface area (Å²) in [5.41, 5.74) is 1.36. The second-order valence-electron chi connectivity index (χ2n) is 10.4. The van der Waals surface area contributed by atoms with E-state index < -0.39 is 0 Å². The number of hydrogen-bond acceptors (Lipinski definition) is 2. The molecule has 0 amide bonds. The van der Waals surface area contributed by atoms with E-state index in [1.54, 1.807) is 0 Å². The van der Waals surface area contributed by atoms with Gasteiger partial charge in [0.25, 0.3) is 0 Å². The van der Waals surface area contributed by atoms with Crippen molar-refractivity contribution in [3.8, 4) is 6.07 Å². The minimum atomic E-state index is -0.145. The number of rotatable bonds is 1. The van der Waals surface area contributed by atoms with Crippen molar-refractivity contribution in [2.24, 2.45) is 52.3 Å². The maximum absolute atomic E-state index is 11.8. The molecule has 0 radical (unpaired) electrons. The number of nitrogens with zero attached hydrogens (tertiary/aromatic N) is 1. The molecule has 5 rings (SSSR count). The number of carbonyl (C=O) groups is 1. The highest BCUT2D eigenvalue weighted by atomic mass is 16.1. The van der Waals surface area contributed by atoms with Crippen molar-refractivity contribution in [2.45, 2.75) is 87.0 Å². The molecule has 7 unspecified atom stereocenters. The average molecular weight is 410 g/mol. The van der Waals surface area contributed by atoms with Crippen molar-refractivity contribution in [3.63, 3.8) is 0 Å². The molecule has 0 N–H and O–H groups in total. The normalized spacial score (nSPS) is 46.9. The fraction of sp³-hybridized carbons (Fsp3) is 0.786. The maximum atomic E-state index is 11.8. The van der Waals surface area contributed by atoms with Crippen molar-refractivity contribution >= 4 is 5.78 Å². The summed E-state index contributed by atoms with van der Waals surface area (Å²) in [5, 5.41) is 10.2. The molecule has 3 saturated carbocycles. The first-order valence-electron chi connectivity index (χ1n) is 12.7. The van der Waals surface area contributed by atoms with E-state index in [2.05, 4.69) is 52.8 Å². The highest BCUT2D eigenvalue weighted by Gasteiger charge is 2.78. The van der Waals surface area contributed by atoms with Gasteiger partial charge >= 0.3 is 0 Å². The second kappa shape index (κ2) is 8.64. The van der Waals surface area contributed by atoms with E-state index >= 15 is 0 Å². The van der Waals surface area contributed by atoms with E-state index in [1.807, 2.05) is 19.9 Å². The first-order chi connectivity index (χ1) is 14.4. The minimum Gasteiger partial charge on any atom is -0.295 e. The molecule has 0 saturated heterocycles. The summed E-state index contributed by atoms with van der Waals surface area (Å²) in [4.78, 5) is 11.8. The van der Waals surface area contributed by atoms with Crippen LogP contribution in [0.4, 0.5) is 0 Å². The molecule has 9 atom stereocenters. The zero-order chi connectivity index (χ0) is 22.3. The lowest BCUT2D eigenvalue weighted by molar-refractivity contribution is -0.115. The smallest absolute Gasteiger partial charge is 0.155 e. The predicted octanol–water partition coefficient (Wildman–Crippen LogP) is 7.37. The van der Waals surface area contributed by atoms with Gasteiger partial charge in [-0.15, -0.1) is 0 Å². The van der Waals surface area contributed by atoms with Crippen LogP contribution in [0.3, 0.4) is 0 Å². The van der Waals surface area contributed by atoms with Gasteiger partial charge in [-0.2, -0.15) is 5.26 Å². The van der Waals surface area contributed by atoms with Gasteiger partial charge in [-0.1, -0.05) is 60.1 Å². The van der Waals surface area contributed by atoms with Gasteiger partial charge in [-0.25, -0.2) is 0 Å². The van der Waals surface area contributed by atoms with Gasteiger partial charge < -0.3 is 0 Å². The first kappa shape index (κ1) is 23.3. The molecule has 0 aliphatic heterocycles. The van der Waals surface area contributed by atoms with Crippen molar-refractivity contribution in [1.29, 1.82) is 5.26 Å². The Bertz CT molecular complexity index is 757. The molecule has 166 valence electrons. The quantitative estimate of drug-likeness (QED) is 0.453. The summed E-state index contributed by atoms with van der Waals surface area (Å²) in [6, 6.07) is 2.83. The molecule has 0 spiro atoms. The van der Waals surface area contributed by atoms with Crippen LogP contribution in [-0.4, -0.2) is 5.78 Å². The molecule has 2 heteroatoms. The number of carbonyl (C=O) groups excluding carboxylic acids is 1. The zero-order valence-corrected chi connectivity index (χ0v) is 20.4. The third-order valence-corrected chi connectivity index (χ3v) is 9.38. The number of allylic oxidation sites excluding steroid dienone is 4. The first-order valence-corrected chi connectivity index (χ1v) is 12.7. The number of nitriles is 1. The summed E-state index contributed by atoms with van der Waals surface area (Å²) < 4.78 is 0. The Morgan fingerprint density at radius 2 is 1.83 bits per heavy atom. The molecule has 0 bridgehead atoms. The van der Waals surface area contributed by atoms with Crippen LogP contribution in [0.2, 0.25) is 0 Å². The van der Waals surface area contributed by atoms with Crippen LogP contribution in [0.15, 0.2) is 23.8 Å². The lowest BCUT2D eigenvalue weighted by Crippen LogP contribution is -2.51. The molecular weight excluding hydrogens is 366 g/mol. The van der Waals surface area contributed by atoms with E-state index in [1.165, 1.54) is 24.8 Å². The van der Waals surface area contributed by atoms with Crippen LogP contribution in [0, 0.1) is 63.6 Å². The predicted molar refractivity (Wildman–Crippen MR) is 125 cm³/mol. The Morgan fingerprint density at radius 3 is 2.43 bits per heavy atom. The van der Waals surface area contributed by atoms with Crippen LogP contribution in [0.5, 0.6) is 0 Å². The standard InChI is InChI=1S/C23H29NO.C3H8.C2H6/c1-4-23-10-9-17-16-8-6-15(25)11-14(16)5-7-18(17)21(23)19-13(2)20(19)22(23,3)12-24;1-3-2;1-2/h5,7,11,13,16-21H,4,6,8-10H2,1-3H3;3H2,1-2H3;1-2H3/t13?,16?,17?,18?,19?,20?,21-,22+,23?;;/m1../s1. The Balaban J connectivity index is 0.000000473. The van der Waals surface area contributed by atoms with E-state index in [9.17, 15) is 10.1 Å². The highest BCUT2D eigenvalue weighted by Crippen LogP contribution is 2.81. The van der Waals surface area contributed by atoms with Crippen LogP contribution >= 0.6 is 0 Å². The fourth-order valence-corrected chi connectivity index (χ4v) is 8.32. The monoisotopic (exact) mass is 409 g/mol. The van der Waals surface area contributed by atoms with E-state index in [0.717, 1.165) is 25.2 Å². The molecular formula is C28H43NO. The van der Waals surface area contributed by atoms with Gasteiger partial charge in [-0.05, 0) is 91.1 Å². The molecule has 0 aromatic carbocycles. The summed E-state index contributed by atoms with van der Waals surface area (Å²) in [5.74, 6) is 4.96. The molecule has 2 nitrogen and oxygen atoms in total. The van der Waals surface area contributed by atoms with Crippen molar-refractivity contribution in [1.82, 2.24) is 0 Å². The van der Waals surface area contributed by atoms with Crippen LogP contribution in [0.25, 0.3) is 0 Å². The van der Waals surface area contributed by atoms with E-state index in [0.29, 0.717) is 41.3 Å². The third-order valence-electron chi connectivity index (χ3n) is 9.38. The largest absolute Gasteiger partial charge is 0.295 e. The maximum Gasteiger partial charge on any atom is 0.155 e. The summed E-state index contributed by atoms with van der Waals surface area (Å²) in [7, 11) is 0. The van der Waals surface area contributed by atoms with Crippen LogP contribution < -0.4 is 0 Å². The Morgan fingerprint density at radius 1 is 1.17 bits per heavy atom. The summed E-state index contributed by atoms with van der Waals surface area (Å²) in [6.07, 6.45) is 13.3. The van der Waals surface area contributed by atoms with Gasteiger partial charge in [0.1, 0.15) is 0 Å². The number of hydrogen-bond donors (Lipinski definition) is 0. The highest BCUT2D eigenvalue weighted by molar-refractivity contribution is 5.91. The van der Waals surface area contributed by atoms with Gasteiger partial charge in [0.2, 0.25) is 0 Å². The molecule has 0 aromatic heterocycles. The van der Waals surface area contributed by atoms with Gasteiger partial charge in [0.05, 0.1) is 11.5 Å². The van der Waals surface area contributed by atoms with Crippen molar-refractivity contribution in [2.75, 3.05) is 0 Å². The van der Waals surface area contributed by atoms with Crippen molar-refractivity contribution < 1.29 is 4.79 Å². The third kappa shape index (κ3) is 3.06. The molecule has 5 aliphatic rings. The Kier molecular flexibility index (Phi) is 6.71. The van der Waals surface area contributed by atoms with Crippen molar-refractivity contribution in [3.05, 3.63) is 23.8 Å². The molecule has 3 fully saturated rings. The van der Waals surface area contributed by atoms with Gasteiger partial charge in [0, 0.05) is 6.42 Å². The lowest BCUT2D eigenvalue weighted by Gasteiger charge is -2.56. The summed E-state index contributed by atoms with van der Waals surface area (Å²) >= 11 is 0. The lowest BCUT2D eigenvalue weighted by atomic mass is 9.47. The number of fused-ring (bicyclic) bond motifs is 7. The Labute approximate surface area is 185 Å². The second-order valence-corrected chi connectivity index (χ2v) is 10.4. The summed E-state index contributed by atoms with van der Waals surface area (Å²) in [6.45, 7) is 15.2. The van der Waals surface area contributed by atoms with E-state index in [4.69, 9.17) is 0 Å². The number of ketones is 1. The average Bonchev–Trinajstić information content (AvgIpc) is 3.36. The van der Waals surface area contributed by atoms with E-state index in [-0.39, 0.29) is 10.8 Å². The molecule has 30 heavy (non-hydrogen) atoms. The van der Waals surface area contributed by atoms with Gasteiger partial charge in [0.15, 0.2) is 5.78 Å². The van der Waals surface area contributed by atoms with Gasteiger partial charge in [-0.3, -0.25) is 4.79 Å². The van der Waals surface area contributed by atoms with Crippen LogP contribution in [0.1, 0.15) is 87.0 Å². The topological polar surface area (TPSA) is 40.9 Å². The van der Waals surface area contributed by atoms with Crippen LogP contribution in [-0.2, 0) is 4.79 Å². The fourth-order valence-electron chi connectivity index (χ4n) is 8.32. The molecule has 0 heterocycles. The molecule has 0 aromatic rings.